The zero-order valence-electron chi connectivity index (χ0n) is 12.4. The highest BCUT2D eigenvalue weighted by atomic mass is 35.5. The van der Waals surface area contributed by atoms with Crippen LogP contribution in [0.5, 0.6) is 0 Å². The Labute approximate surface area is 125 Å². The Morgan fingerprint density at radius 3 is 2.65 bits per heavy atom. The molecule has 5 heteroatoms. The van der Waals surface area contributed by atoms with Gasteiger partial charge in [0.15, 0.2) is 5.65 Å². The van der Waals surface area contributed by atoms with Gasteiger partial charge in [0.2, 0.25) is 0 Å². The van der Waals surface area contributed by atoms with E-state index in [0.717, 1.165) is 36.3 Å². The number of imidazole rings is 1. The summed E-state index contributed by atoms with van der Waals surface area (Å²) in [5.41, 5.74) is 3.43. The fourth-order valence-corrected chi connectivity index (χ4v) is 3.63. The van der Waals surface area contributed by atoms with E-state index in [1.807, 2.05) is 11.7 Å². The SMILES string of the molecule is CCCc1nn(C)c2c1nc(CCCl)n2C1CCCC1. The van der Waals surface area contributed by atoms with Crippen LogP contribution in [0.3, 0.4) is 0 Å². The quantitative estimate of drug-likeness (QED) is 0.790. The molecule has 3 rings (SSSR count). The number of hydrogen-bond donors (Lipinski definition) is 0. The molecule has 0 saturated heterocycles. The Morgan fingerprint density at radius 2 is 2.00 bits per heavy atom. The lowest BCUT2D eigenvalue weighted by Gasteiger charge is -2.16. The van der Waals surface area contributed by atoms with Crippen molar-refractivity contribution in [2.75, 3.05) is 5.88 Å². The van der Waals surface area contributed by atoms with Gasteiger partial charge in [0.25, 0.3) is 0 Å². The lowest BCUT2D eigenvalue weighted by atomic mass is 10.2. The van der Waals surface area contributed by atoms with Gasteiger partial charge in [0, 0.05) is 25.4 Å². The second kappa shape index (κ2) is 5.76. The van der Waals surface area contributed by atoms with E-state index in [1.165, 1.54) is 31.3 Å². The lowest BCUT2D eigenvalue weighted by molar-refractivity contribution is 0.501. The highest BCUT2D eigenvalue weighted by molar-refractivity contribution is 6.17. The molecular weight excluding hydrogens is 272 g/mol. The van der Waals surface area contributed by atoms with Crippen LogP contribution in [0.15, 0.2) is 0 Å². The molecule has 4 nitrogen and oxygen atoms in total. The first kappa shape index (κ1) is 13.9. The third kappa shape index (κ3) is 2.24. The van der Waals surface area contributed by atoms with Gasteiger partial charge in [0.1, 0.15) is 11.3 Å². The van der Waals surface area contributed by atoms with Gasteiger partial charge in [0.05, 0.1) is 5.69 Å². The Hall–Kier alpha value is -1.03. The summed E-state index contributed by atoms with van der Waals surface area (Å²) in [5.74, 6) is 1.78. The molecule has 0 unspecified atom stereocenters. The molecule has 0 N–H and O–H groups in total. The monoisotopic (exact) mass is 294 g/mol. The maximum atomic E-state index is 5.97. The van der Waals surface area contributed by atoms with Crippen molar-refractivity contribution in [2.24, 2.45) is 7.05 Å². The minimum atomic E-state index is 0.586. The number of hydrogen-bond acceptors (Lipinski definition) is 2. The number of alkyl halides is 1. The summed E-state index contributed by atoms with van der Waals surface area (Å²) in [7, 11) is 2.04. The van der Waals surface area contributed by atoms with Crippen molar-refractivity contribution in [3.8, 4) is 0 Å². The van der Waals surface area contributed by atoms with Gasteiger partial charge in [-0.2, -0.15) is 5.10 Å². The maximum Gasteiger partial charge on any atom is 0.158 e. The van der Waals surface area contributed by atoms with Crippen LogP contribution >= 0.6 is 11.6 Å². The fourth-order valence-electron chi connectivity index (χ4n) is 3.46. The minimum absolute atomic E-state index is 0.586. The van der Waals surface area contributed by atoms with Gasteiger partial charge in [-0.05, 0) is 19.3 Å². The number of rotatable bonds is 5. The second-order valence-corrected chi connectivity index (χ2v) is 6.15. The van der Waals surface area contributed by atoms with E-state index in [0.29, 0.717) is 11.9 Å². The van der Waals surface area contributed by atoms with Gasteiger partial charge in [-0.15, -0.1) is 11.6 Å². The molecule has 0 aromatic carbocycles. The van der Waals surface area contributed by atoms with E-state index >= 15 is 0 Å². The first-order chi connectivity index (χ1) is 9.76. The molecule has 0 bridgehead atoms. The molecule has 1 fully saturated rings. The lowest BCUT2D eigenvalue weighted by Crippen LogP contribution is -2.12. The number of fused-ring (bicyclic) bond motifs is 1. The topological polar surface area (TPSA) is 35.6 Å². The van der Waals surface area contributed by atoms with Crippen LogP contribution < -0.4 is 0 Å². The fraction of sp³-hybridized carbons (Fsp3) is 0.733. The van der Waals surface area contributed by atoms with E-state index in [1.54, 1.807) is 0 Å². The number of nitrogens with zero attached hydrogens (tertiary/aromatic N) is 4. The molecule has 20 heavy (non-hydrogen) atoms. The largest absolute Gasteiger partial charge is 0.310 e. The third-order valence-electron chi connectivity index (χ3n) is 4.30. The molecule has 2 aromatic rings. The van der Waals surface area contributed by atoms with Crippen LogP contribution in [0.4, 0.5) is 0 Å². The summed E-state index contributed by atoms with van der Waals surface area (Å²) in [4.78, 5) is 4.88. The summed E-state index contributed by atoms with van der Waals surface area (Å²) in [6.45, 7) is 2.19. The normalized spacial score (nSPS) is 16.6. The van der Waals surface area contributed by atoms with E-state index < -0.39 is 0 Å². The van der Waals surface area contributed by atoms with Crippen LogP contribution in [0.2, 0.25) is 0 Å². The first-order valence-corrected chi connectivity index (χ1v) is 8.28. The molecule has 0 atom stereocenters. The minimum Gasteiger partial charge on any atom is -0.310 e. The Morgan fingerprint density at radius 1 is 1.25 bits per heavy atom. The van der Waals surface area contributed by atoms with E-state index in [9.17, 15) is 0 Å². The van der Waals surface area contributed by atoms with Crippen LogP contribution in [-0.2, 0) is 19.9 Å². The summed E-state index contributed by atoms with van der Waals surface area (Å²) >= 11 is 5.97. The van der Waals surface area contributed by atoms with Gasteiger partial charge < -0.3 is 4.57 Å². The summed E-state index contributed by atoms with van der Waals surface area (Å²) < 4.78 is 4.44. The Bertz CT molecular complexity index is 593. The molecule has 0 aliphatic heterocycles. The van der Waals surface area contributed by atoms with E-state index in [4.69, 9.17) is 16.6 Å². The molecule has 1 aliphatic rings. The van der Waals surface area contributed by atoms with Crippen LogP contribution in [-0.4, -0.2) is 25.2 Å². The van der Waals surface area contributed by atoms with Crippen molar-refractivity contribution >= 4 is 22.8 Å². The number of aryl methyl sites for hydroxylation is 3. The Kier molecular flexibility index (Phi) is 4.01. The van der Waals surface area contributed by atoms with Gasteiger partial charge in [-0.1, -0.05) is 26.2 Å². The van der Waals surface area contributed by atoms with Gasteiger partial charge >= 0.3 is 0 Å². The standard InChI is InChI=1S/C15H23ClN4/c1-3-6-12-14-15(19(2)18-12)20(11-7-4-5-8-11)13(17-14)9-10-16/h11H,3-10H2,1-2H3. The molecule has 1 aliphatic carbocycles. The summed E-state index contributed by atoms with van der Waals surface area (Å²) in [5, 5.41) is 4.67. The van der Waals surface area contributed by atoms with Crippen molar-refractivity contribution in [2.45, 2.75) is 57.9 Å². The predicted molar refractivity (Wildman–Crippen MR) is 82.4 cm³/mol. The molecule has 2 aromatic heterocycles. The van der Waals surface area contributed by atoms with Gasteiger partial charge in [-0.25, -0.2) is 4.98 Å². The molecule has 0 amide bonds. The average Bonchev–Trinajstić information content (AvgIpc) is 3.09. The maximum absolute atomic E-state index is 5.97. The third-order valence-corrected chi connectivity index (χ3v) is 4.49. The number of aromatic nitrogens is 4. The zero-order valence-corrected chi connectivity index (χ0v) is 13.2. The molecule has 1 saturated carbocycles. The number of halogens is 1. The molecular formula is C15H23ClN4. The summed E-state index contributed by atoms with van der Waals surface area (Å²) in [6, 6.07) is 0.586. The van der Waals surface area contributed by atoms with Crippen molar-refractivity contribution in [3.05, 3.63) is 11.5 Å². The highest BCUT2D eigenvalue weighted by Crippen LogP contribution is 2.34. The van der Waals surface area contributed by atoms with E-state index in [2.05, 4.69) is 16.6 Å². The van der Waals surface area contributed by atoms with Crippen molar-refractivity contribution in [1.29, 1.82) is 0 Å². The molecule has 0 radical (unpaired) electrons. The van der Waals surface area contributed by atoms with Crippen LogP contribution in [0, 0.1) is 0 Å². The Balaban J connectivity index is 2.15. The smallest absolute Gasteiger partial charge is 0.158 e. The van der Waals surface area contributed by atoms with Crippen molar-refractivity contribution < 1.29 is 0 Å². The first-order valence-electron chi connectivity index (χ1n) is 7.75. The summed E-state index contributed by atoms with van der Waals surface area (Å²) in [6.07, 6.45) is 8.11. The average molecular weight is 295 g/mol. The van der Waals surface area contributed by atoms with Crippen LogP contribution in [0.1, 0.15) is 56.6 Å². The van der Waals surface area contributed by atoms with Crippen LogP contribution in [0.25, 0.3) is 11.2 Å². The van der Waals surface area contributed by atoms with Crippen molar-refractivity contribution in [3.63, 3.8) is 0 Å². The van der Waals surface area contributed by atoms with Gasteiger partial charge in [-0.3, -0.25) is 4.68 Å². The van der Waals surface area contributed by atoms with E-state index in [-0.39, 0.29) is 0 Å². The van der Waals surface area contributed by atoms with Crippen molar-refractivity contribution in [1.82, 2.24) is 19.3 Å². The molecule has 0 spiro atoms. The molecule has 110 valence electrons. The highest BCUT2D eigenvalue weighted by Gasteiger charge is 2.25. The molecule has 2 heterocycles. The predicted octanol–water partition coefficient (Wildman–Crippen LogP) is 3.62. The zero-order chi connectivity index (χ0) is 14.1. The second-order valence-electron chi connectivity index (χ2n) is 5.77.